The van der Waals surface area contributed by atoms with Gasteiger partial charge in [0.15, 0.2) is 0 Å². The van der Waals surface area contributed by atoms with Crippen molar-refractivity contribution in [2.24, 2.45) is 0 Å². The predicted octanol–water partition coefficient (Wildman–Crippen LogP) is -0.791. The van der Waals surface area contributed by atoms with Crippen molar-refractivity contribution in [1.82, 2.24) is 5.32 Å². The quantitative estimate of drug-likeness (QED) is 0.548. The van der Waals surface area contributed by atoms with E-state index in [-0.39, 0.29) is 5.91 Å². The fourth-order valence-electron chi connectivity index (χ4n) is 1.53. The lowest BCUT2D eigenvalue weighted by molar-refractivity contribution is 0.0946. The summed E-state index contributed by atoms with van der Waals surface area (Å²) in [6.45, 7) is 0.681. The van der Waals surface area contributed by atoms with Crippen LogP contribution in [0.25, 0.3) is 0 Å². The van der Waals surface area contributed by atoms with Gasteiger partial charge in [-0.05, 0) is 18.1 Å². The Bertz CT molecular complexity index is 351. The lowest BCUT2D eigenvalue weighted by Crippen LogP contribution is -2.33. The monoisotopic (exact) mass is 174 g/mol. The first kappa shape index (κ1) is 8.32. The van der Waals surface area contributed by atoms with Gasteiger partial charge < -0.3 is 10.3 Å². The van der Waals surface area contributed by atoms with E-state index in [9.17, 15) is 4.79 Å². The minimum absolute atomic E-state index is 0.0225. The van der Waals surface area contributed by atoms with Crippen molar-refractivity contribution in [3.05, 3.63) is 29.3 Å². The molecule has 13 heavy (non-hydrogen) atoms. The Kier molecular flexibility index (Phi) is 2.06. The molecule has 1 aromatic rings. The average Bonchev–Trinajstić information content (AvgIpc) is 2.18. The Morgan fingerprint density at radius 3 is 3.08 bits per heavy atom. The molecule has 0 aromatic heterocycles. The zero-order valence-electron chi connectivity index (χ0n) is 7.08. The first-order valence-corrected chi connectivity index (χ1v) is 4.20. The molecule has 0 saturated carbocycles. The number of amides is 1. The zero-order valence-corrected chi connectivity index (χ0v) is 7.08. The van der Waals surface area contributed by atoms with Crippen LogP contribution in [0.3, 0.4) is 0 Å². The molecule has 1 aliphatic heterocycles. The maximum atomic E-state index is 11.3. The van der Waals surface area contributed by atoms with E-state index < -0.39 is 0 Å². The molecule has 0 unspecified atom stereocenters. The molecule has 3 nitrogen and oxygen atoms in total. The number of benzene rings is 1. The number of fused-ring (bicyclic) bond motifs is 1. The van der Waals surface area contributed by atoms with Gasteiger partial charge in [-0.15, -0.1) is 0 Å². The van der Waals surface area contributed by atoms with E-state index in [0.29, 0.717) is 6.54 Å². The van der Waals surface area contributed by atoms with Crippen LogP contribution in [0.2, 0.25) is 0 Å². The van der Waals surface area contributed by atoms with Crippen molar-refractivity contribution in [2.45, 2.75) is 6.42 Å². The molecule has 0 atom stereocenters. The summed E-state index contributed by atoms with van der Waals surface area (Å²) in [4.78, 5) is 11.3. The van der Waals surface area contributed by atoms with Crippen LogP contribution in [0.4, 0.5) is 0 Å². The fourth-order valence-corrected chi connectivity index (χ4v) is 1.53. The summed E-state index contributed by atoms with van der Waals surface area (Å²) in [5.41, 5.74) is 2.47. The number of carbonyl (C=O) groups excluding carboxylic acids is 1. The number of hydrogen-bond acceptors (Lipinski definition) is 2. The second kappa shape index (κ2) is 3.22. The number of carbonyl (C=O) groups is 1. The minimum Gasteiger partial charge on any atom is -0.450 e. The molecule has 1 heterocycles. The van der Waals surface area contributed by atoms with E-state index in [1.807, 2.05) is 6.07 Å². The molecule has 0 saturated heterocycles. The maximum Gasteiger partial charge on any atom is 0.326 e. The molecule has 2 rings (SSSR count). The molecule has 1 radical (unpaired) electrons. The molecular weight excluding hydrogens is 165 g/mol. The van der Waals surface area contributed by atoms with Crippen LogP contribution in [0, 0.1) is 0 Å². The Balaban J connectivity index is 2.45. The van der Waals surface area contributed by atoms with Crippen molar-refractivity contribution >= 4 is 18.9 Å². The van der Waals surface area contributed by atoms with Gasteiger partial charge in [0.25, 0.3) is 5.91 Å². The Morgan fingerprint density at radius 2 is 2.31 bits per heavy atom. The van der Waals surface area contributed by atoms with Gasteiger partial charge in [-0.25, -0.2) is 0 Å². The highest BCUT2D eigenvalue weighted by Crippen LogP contribution is 2.11. The lowest BCUT2D eigenvalue weighted by Gasteiger charge is -2.16. The predicted molar refractivity (Wildman–Crippen MR) is 50.1 cm³/mol. The standard InChI is InChI=1S/C9H9BNO2/c12-9-8-2-1-7(10-13)5-6(8)3-4-11-9/h1-2,5,13H,3-4H2,(H,11,12). The third-order valence-electron chi connectivity index (χ3n) is 2.20. The zero-order chi connectivity index (χ0) is 9.26. The highest BCUT2D eigenvalue weighted by Gasteiger charge is 2.15. The van der Waals surface area contributed by atoms with E-state index in [1.165, 1.54) is 0 Å². The second-order valence-electron chi connectivity index (χ2n) is 3.05. The van der Waals surface area contributed by atoms with Gasteiger partial charge in [0.05, 0.1) is 0 Å². The van der Waals surface area contributed by atoms with Gasteiger partial charge in [-0.3, -0.25) is 4.79 Å². The molecule has 2 N–H and O–H groups in total. The van der Waals surface area contributed by atoms with Crippen molar-refractivity contribution in [3.63, 3.8) is 0 Å². The molecule has 0 aliphatic carbocycles. The number of nitrogens with one attached hydrogen (secondary N) is 1. The maximum absolute atomic E-state index is 11.3. The average molecular weight is 174 g/mol. The van der Waals surface area contributed by atoms with Crippen LogP contribution in [0.5, 0.6) is 0 Å². The van der Waals surface area contributed by atoms with Gasteiger partial charge in [-0.2, -0.15) is 0 Å². The summed E-state index contributed by atoms with van der Waals surface area (Å²) in [5.74, 6) is -0.0225. The summed E-state index contributed by atoms with van der Waals surface area (Å²) in [6.07, 6.45) is 0.836. The first-order chi connectivity index (χ1) is 6.31. The van der Waals surface area contributed by atoms with Crippen molar-refractivity contribution < 1.29 is 9.82 Å². The summed E-state index contributed by atoms with van der Waals surface area (Å²) in [7, 11) is 1.05. The van der Waals surface area contributed by atoms with E-state index in [1.54, 1.807) is 12.1 Å². The third-order valence-corrected chi connectivity index (χ3v) is 2.20. The van der Waals surface area contributed by atoms with Crippen LogP contribution in [-0.4, -0.2) is 25.0 Å². The Hall–Kier alpha value is -1.29. The molecular formula is C9H9BNO2. The van der Waals surface area contributed by atoms with E-state index in [2.05, 4.69) is 5.32 Å². The van der Waals surface area contributed by atoms with E-state index >= 15 is 0 Å². The molecule has 1 aliphatic rings. The van der Waals surface area contributed by atoms with Crippen molar-refractivity contribution in [2.75, 3.05) is 6.54 Å². The van der Waals surface area contributed by atoms with Gasteiger partial charge in [0.1, 0.15) is 0 Å². The molecule has 0 bridgehead atoms. The highest BCUT2D eigenvalue weighted by molar-refractivity contribution is 6.45. The molecule has 4 heteroatoms. The smallest absolute Gasteiger partial charge is 0.326 e. The van der Waals surface area contributed by atoms with Crippen molar-refractivity contribution in [1.29, 1.82) is 0 Å². The van der Waals surface area contributed by atoms with Gasteiger partial charge in [0, 0.05) is 12.1 Å². The molecule has 1 amide bonds. The topological polar surface area (TPSA) is 49.3 Å². The van der Waals surface area contributed by atoms with Gasteiger partial charge >= 0.3 is 7.48 Å². The number of rotatable bonds is 1. The number of hydrogen-bond donors (Lipinski definition) is 2. The third kappa shape index (κ3) is 1.45. The van der Waals surface area contributed by atoms with Crippen molar-refractivity contribution in [3.8, 4) is 0 Å². The lowest BCUT2D eigenvalue weighted by atomic mass is 9.85. The van der Waals surface area contributed by atoms with Crippen LogP contribution >= 0.6 is 0 Å². The summed E-state index contributed by atoms with van der Waals surface area (Å²) in [6, 6.07) is 5.31. The molecule has 0 fully saturated rings. The summed E-state index contributed by atoms with van der Waals surface area (Å²) >= 11 is 0. The highest BCUT2D eigenvalue weighted by atomic mass is 16.2. The first-order valence-electron chi connectivity index (χ1n) is 4.20. The van der Waals surface area contributed by atoms with E-state index in [0.717, 1.165) is 30.5 Å². The summed E-state index contributed by atoms with van der Waals surface area (Å²) in [5, 5.41) is 11.5. The summed E-state index contributed by atoms with van der Waals surface area (Å²) < 4.78 is 0. The van der Waals surface area contributed by atoms with E-state index in [4.69, 9.17) is 5.02 Å². The van der Waals surface area contributed by atoms with Crippen LogP contribution in [-0.2, 0) is 6.42 Å². The largest absolute Gasteiger partial charge is 0.450 e. The normalized spacial score (nSPS) is 14.7. The minimum atomic E-state index is -0.0225. The Labute approximate surface area is 77.0 Å². The van der Waals surface area contributed by atoms with Crippen LogP contribution in [0.15, 0.2) is 18.2 Å². The molecule has 1 aromatic carbocycles. The Morgan fingerprint density at radius 1 is 1.46 bits per heavy atom. The van der Waals surface area contributed by atoms with Crippen LogP contribution in [0.1, 0.15) is 15.9 Å². The van der Waals surface area contributed by atoms with Gasteiger partial charge in [-0.1, -0.05) is 17.6 Å². The van der Waals surface area contributed by atoms with Gasteiger partial charge in [0.2, 0.25) is 0 Å². The SMILES string of the molecule is O=C1NCCc2cc([B]O)ccc21. The molecule has 65 valence electrons. The molecule has 0 spiro atoms. The fraction of sp³-hybridized carbons (Fsp3) is 0.222. The van der Waals surface area contributed by atoms with Crippen LogP contribution < -0.4 is 10.8 Å². The second-order valence-corrected chi connectivity index (χ2v) is 3.05.